The number of para-hydroxylation sites is 1. The molecule has 0 bridgehead atoms. The summed E-state index contributed by atoms with van der Waals surface area (Å²) in [7, 11) is 0. The van der Waals surface area contributed by atoms with Crippen LogP contribution in [0.2, 0.25) is 0 Å². The summed E-state index contributed by atoms with van der Waals surface area (Å²) in [5.74, 6) is -0.284. The fourth-order valence-corrected chi connectivity index (χ4v) is 1.40. The molecule has 2 aromatic rings. The molecule has 0 saturated carbocycles. The zero-order valence-corrected chi connectivity index (χ0v) is 7.68. The molecule has 0 fully saturated rings. The third-order valence-corrected chi connectivity index (χ3v) is 2.08. The lowest BCUT2D eigenvalue weighted by molar-refractivity contribution is 0.636. The van der Waals surface area contributed by atoms with Crippen LogP contribution in [0.3, 0.4) is 0 Å². The van der Waals surface area contributed by atoms with Crippen molar-refractivity contribution in [1.82, 2.24) is 4.98 Å². The van der Waals surface area contributed by atoms with Gasteiger partial charge in [-0.2, -0.15) is 0 Å². The molecule has 3 heteroatoms. The van der Waals surface area contributed by atoms with E-state index in [1.165, 1.54) is 6.07 Å². The standard InChI is InChI=1S/C9H5BrFN/c10-8-5-4-6-2-1-3-7(11)9(6)12-8/h1-5H. The van der Waals surface area contributed by atoms with Crippen molar-refractivity contribution in [2.75, 3.05) is 0 Å². The molecule has 0 aliphatic carbocycles. The van der Waals surface area contributed by atoms with Crippen LogP contribution in [0.25, 0.3) is 10.9 Å². The van der Waals surface area contributed by atoms with Gasteiger partial charge in [-0.3, -0.25) is 0 Å². The summed E-state index contributed by atoms with van der Waals surface area (Å²) in [5, 5.41) is 0.818. The highest BCUT2D eigenvalue weighted by molar-refractivity contribution is 9.10. The van der Waals surface area contributed by atoms with E-state index in [9.17, 15) is 4.39 Å². The highest BCUT2D eigenvalue weighted by atomic mass is 79.9. The van der Waals surface area contributed by atoms with Crippen molar-refractivity contribution in [3.63, 3.8) is 0 Å². The maximum Gasteiger partial charge on any atom is 0.149 e. The lowest BCUT2D eigenvalue weighted by Crippen LogP contribution is -1.83. The second-order valence-corrected chi connectivity index (χ2v) is 3.26. The van der Waals surface area contributed by atoms with Crippen molar-refractivity contribution < 1.29 is 4.39 Å². The summed E-state index contributed by atoms with van der Waals surface area (Å²) in [5.41, 5.74) is 0.409. The number of halogens is 2. The van der Waals surface area contributed by atoms with Crippen LogP contribution < -0.4 is 0 Å². The second kappa shape index (κ2) is 2.83. The number of aromatic nitrogens is 1. The van der Waals surface area contributed by atoms with Crippen LogP contribution in [0.5, 0.6) is 0 Å². The number of hydrogen-bond donors (Lipinski definition) is 0. The first kappa shape index (κ1) is 7.68. The average Bonchev–Trinajstić information content (AvgIpc) is 2.07. The molecule has 1 aromatic carbocycles. The van der Waals surface area contributed by atoms with E-state index in [-0.39, 0.29) is 5.82 Å². The minimum atomic E-state index is -0.284. The van der Waals surface area contributed by atoms with Crippen LogP contribution in [-0.2, 0) is 0 Å². The molecule has 60 valence electrons. The van der Waals surface area contributed by atoms with Crippen LogP contribution in [0, 0.1) is 5.82 Å². The van der Waals surface area contributed by atoms with E-state index in [4.69, 9.17) is 0 Å². The highest BCUT2D eigenvalue weighted by Gasteiger charge is 2.00. The lowest BCUT2D eigenvalue weighted by atomic mass is 10.2. The first-order valence-electron chi connectivity index (χ1n) is 3.48. The highest BCUT2D eigenvalue weighted by Crippen LogP contribution is 2.17. The molecule has 1 nitrogen and oxygen atoms in total. The van der Waals surface area contributed by atoms with Gasteiger partial charge in [-0.25, -0.2) is 9.37 Å². The summed E-state index contributed by atoms with van der Waals surface area (Å²) in [6.07, 6.45) is 0. The maximum atomic E-state index is 13.1. The Kier molecular flexibility index (Phi) is 1.81. The predicted molar refractivity (Wildman–Crippen MR) is 49.4 cm³/mol. The van der Waals surface area contributed by atoms with E-state index in [0.717, 1.165) is 5.39 Å². The molecule has 12 heavy (non-hydrogen) atoms. The number of pyridine rings is 1. The maximum absolute atomic E-state index is 13.1. The van der Waals surface area contributed by atoms with Gasteiger partial charge >= 0.3 is 0 Å². The Morgan fingerprint density at radius 2 is 2.00 bits per heavy atom. The van der Waals surface area contributed by atoms with Crippen LogP contribution >= 0.6 is 15.9 Å². The van der Waals surface area contributed by atoms with Crippen LogP contribution in [-0.4, -0.2) is 4.98 Å². The average molecular weight is 226 g/mol. The lowest BCUT2D eigenvalue weighted by Gasteiger charge is -1.97. The van der Waals surface area contributed by atoms with Gasteiger partial charge in [-0.05, 0) is 28.1 Å². The molecule has 0 atom stereocenters. The van der Waals surface area contributed by atoms with Gasteiger partial charge in [0.05, 0.1) is 0 Å². The topological polar surface area (TPSA) is 12.9 Å². The van der Waals surface area contributed by atoms with Crippen LogP contribution in [0.4, 0.5) is 4.39 Å². The van der Waals surface area contributed by atoms with Crippen molar-refractivity contribution in [1.29, 1.82) is 0 Å². The summed E-state index contributed by atoms with van der Waals surface area (Å²) in [6, 6.07) is 8.53. The molecular weight excluding hydrogens is 221 g/mol. The number of fused-ring (bicyclic) bond motifs is 1. The minimum absolute atomic E-state index is 0.284. The van der Waals surface area contributed by atoms with Crippen molar-refractivity contribution in [2.45, 2.75) is 0 Å². The SMILES string of the molecule is Fc1cccc2ccc(Br)nc12. The molecule has 0 N–H and O–H groups in total. The number of hydrogen-bond acceptors (Lipinski definition) is 1. The van der Waals surface area contributed by atoms with Crippen LogP contribution in [0.1, 0.15) is 0 Å². The van der Waals surface area contributed by atoms with E-state index >= 15 is 0 Å². The van der Waals surface area contributed by atoms with E-state index < -0.39 is 0 Å². The predicted octanol–water partition coefficient (Wildman–Crippen LogP) is 3.14. The Morgan fingerprint density at radius 1 is 1.17 bits per heavy atom. The fourth-order valence-electron chi connectivity index (χ4n) is 1.09. The molecule has 0 spiro atoms. The van der Waals surface area contributed by atoms with Gasteiger partial charge in [-0.15, -0.1) is 0 Å². The molecule has 1 aromatic heterocycles. The van der Waals surface area contributed by atoms with Crippen molar-refractivity contribution in [3.8, 4) is 0 Å². The van der Waals surface area contributed by atoms with Gasteiger partial charge in [0.1, 0.15) is 15.9 Å². The zero-order valence-electron chi connectivity index (χ0n) is 6.09. The van der Waals surface area contributed by atoms with Gasteiger partial charge in [0.25, 0.3) is 0 Å². The molecular formula is C9H5BrFN. The number of nitrogens with zero attached hydrogens (tertiary/aromatic N) is 1. The fraction of sp³-hybridized carbons (Fsp3) is 0. The summed E-state index contributed by atoms with van der Waals surface area (Å²) < 4.78 is 13.7. The van der Waals surface area contributed by atoms with Crippen LogP contribution in [0.15, 0.2) is 34.9 Å². The van der Waals surface area contributed by atoms with Gasteiger partial charge < -0.3 is 0 Å². The molecule has 0 saturated heterocycles. The number of rotatable bonds is 0. The van der Waals surface area contributed by atoms with Crippen molar-refractivity contribution >= 4 is 26.8 Å². The van der Waals surface area contributed by atoms with Crippen molar-refractivity contribution in [3.05, 3.63) is 40.8 Å². The van der Waals surface area contributed by atoms with Gasteiger partial charge in [-0.1, -0.05) is 18.2 Å². The molecule has 0 amide bonds. The molecule has 2 rings (SSSR count). The number of benzene rings is 1. The Hall–Kier alpha value is -0.960. The zero-order chi connectivity index (χ0) is 8.55. The molecule has 0 aliphatic heterocycles. The van der Waals surface area contributed by atoms with Gasteiger partial charge in [0.15, 0.2) is 0 Å². The van der Waals surface area contributed by atoms with E-state index in [1.54, 1.807) is 12.1 Å². The van der Waals surface area contributed by atoms with E-state index in [0.29, 0.717) is 10.1 Å². The summed E-state index contributed by atoms with van der Waals surface area (Å²) in [4.78, 5) is 4.02. The molecule has 0 radical (unpaired) electrons. The van der Waals surface area contributed by atoms with Crippen molar-refractivity contribution in [2.24, 2.45) is 0 Å². The smallest absolute Gasteiger partial charge is 0.149 e. The summed E-state index contributed by atoms with van der Waals surface area (Å²) >= 11 is 3.19. The first-order chi connectivity index (χ1) is 5.77. The Bertz CT molecular complexity index is 428. The normalized spacial score (nSPS) is 10.5. The first-order valence-corrected chi connectivity index (χ1v) is 4.27. The second-order valence-electron chi connectivity index (χ2n) is 2.45. The molecule has 0 aliphatic rings. The minimum Gasteiger partial charge on any atom is -0.238 e. The third kappa shape index (κ3) is 1.20. The largest absolute Gasteiger partial charge is 0.238 e. The van der Waals surface area contributed by atoms with Gasteiger partial charge in [0, 0.05) is 5.39 Å². The Balaban J connectivity index is 2.88. The van der Waals surface area contributed by atoms with E-state index in [1.807, 2.05) is 12.1 Å². The molecule has 1 heterocycles. The quantitative estimate of drug-likeness (QED) is 0.629. The molecule has 0 unspecified atom stereocenters. The van der Waals surface area contributed by atoms with Gasteiger partial charge in [0.2, 0.25) is 0 Å². The van der Waals surface area contributed by atoms with E-state index in [2.05, 4.69) is 20.9 Å². The Morgan fingerprint density at radius 3 is 2.83 bits per heavy atom. The Labute approximate surface area is 77.4 Å². The summed E-state index contributed by atoms with van der Waals surface area (Å²) in [6.45, 7) is 0. The monoisotopic (exact) mass is 225 g/mol. The third-order valence-electron chi connectivity index (χ3n) is 1.64.